The van der Waals surface area contributed by atoms with Crippen molar-refractivity contribution in [3.63, 3.8) is 0 Å². The predicted octanol–water partition coefficient (Wildman–Crippen LogP) is 2.08. The van der Waals surface area contributed by atoms with Crippen LogP contribution in [0.15, 0.2) is 27.2 Å². The minimum absolute atomic E-state index is 0.150. The highest BCUT2D eigenvalue weighted by molar-refractivity contribution is 9.10. The van der Waals surface area contributed by atoms with E-state index in [1.54, 1.807) is 0 Å². The average molecular weight is 339 g/mol. The van der Waals surface area contributed by atoms with Crippen LogP contribution < -0.4 is 5.73 Å². The number of ether oxygens (including phenoxy) is 1. The molecule has 1 aliphatic rings. The molecule has 1 unspecified atom stereocenters. The van der Waals surface area contributed by atoms with Gasteiger partial charge < -0.3 is 19.9 Å². The van der Waals surface area contributed by atoms with Crippen LogP contribution in [0.4, 0.5) is 5.69 Å². The van der Waals surface area contributed by atoms with Gasteiger partial charge in [-0.25, -0.2) is 0 Å². The van der Waals surface area contributed by atoms with Crippen LogP contribution >= 0.6 is 15.9 Å². The van der Waals surface area contributed by atoms with Crippen molar-refractivity contribution in [1.29, 1.82) is 0 Å². The lowest BCUT2D eigenvalue weighted by atomic mass is 10.2. The van der Waals surface area contributed by atoms with E-state index in [-0.39, 0.29) is 6.10 Å². The Hall–Kier alpha value is -1.44. The lowest BCUT2D eigenvalue weighted by Crippen LogP contribution is -2.35. The fourth-order valence-electron chi connectivity index (χ4n) is 2.14. The molecule has 1 atom stereocenters. The van der Waals surface area contributed by atoms with E-state index in [4.69, 9.17) is 15.0 Å². The SMILES string of the molecule is CN1CCOC(c2noc(-c3ccc(Br)cc3N)n2)C1. The molecule has 106 valence electrons. The summed E-state index contributed by atoms with van der Waals surface area (Å²) < 4.78 is 11.9. The minimum atomic E-state index is -0.150. The van der Waals surface area contributed by atoms with Gasteiger partial charge in [-0.15, -0.1) is 0 Å². The van der Waals surface area contributed by atoms with Gasteiger partial charge in [0.15, 0.2) is 0 Å². The molecule has 0 saturated carbocycles. The largest absolute Gasteiger partial charge is 0.398 e. The number of nitrogens with zero attached hydrogens (tertiary/aromatic N) is 3. The van der Waals surface area contributed by atoms with Gasteiger partial charge >= 0.3 is 0 Å². The number of aromatic nitrogens is 2. The van der Waals surface area contributed by atoms with Crippen LogP contribution in [-0.4, -0.2) is 41.8 Å². The number of hydrogen-bond donors (Lipinski definition) is 1. The van der Waals surface area contributed by atoms with Gasteiger partial charge in [-0.1, -0.05) is 21.1 Å². The Bertz CT molecular complexity index is 616. The Balaban J connectivity index is 1.86. The molecular formula is C13H15BrN4O2. The van der Waals surface area contributed by atoms with Crippen molar-refractivity contribution in [2.75, 3.05) is 32.5 Å². The first-order valence-electron chi connectivity index (χ1n) is 6.32. The zero-order valence-corrected chi connectivity index (χ0v) is 12.6. The summed E-state index contributed by atoms with van der Waals surface area (Å²) in [5.74, 6) is 0.982. The number of morpholine rings is 1. The molecule has 2 N–H and O–H groups in total. The summed E-state index contributed by atoms with van der Waals surface area (Å²) in [6.45, 7) is 2.35. The summed E-state index contributed by atoms with van der Waals surface area (Å²) in [5, 5.41) is 4.01. The van der Waals surface area contributed by atoms with Crippen molar-refractivity contribution in [1.82, 2.24) is 15.0 Å². The first-order chi connectivity index (χ1) is 9.63. The van der Waals surface area contributed by atoms with Crippen LogP contribution in [0.5, 0.6) is 0 Å². The van der Waals surface area contributed by atoms with E-state index in [0.29, 0.717) is 24.0 Å². The molecule has 0 spiro atoms. The summed E-state index contributed by atoms with van der Waals surface area (Å²) in [7, 11) is 2.04. The van der Waals surface area contributed by atoms with E-state index >= 15 is 0 Å². The van der Waals surface area contributed by atoms with Gasteiger partial charge in [0.25, 0.3) is 5.89 Å². The fourth-order valence-corrected chi connectivity index (χ4v) is 2.52. The van der Waals surface area contributed by atoms with Crippen LogP contribution in [-0.2, 0) is 4.74 Å². The number of benzene rings is 1. The molecule has 0 radical (unpaired) electrons. The topological polar surface area (TPSA) is 77.4 Å². The van der Waals surface area contributed by atoms with Gasteiger partial charge in [0.1, 0.15) is 6.10 Å². The summed E-state index contributed by atoms with van der Waals surface area (Å²) in [4.78, 5) is 6.58. The fraction of sp³-hybridized carbons (Fsp3) is 0.385. The van der Waals surface area contributed by atoms with Crippen LogP contribution in [0.25, 0.3) is 11.5 Å². The Morgan fingerprint density at radius 2 is 2.30 bits per heavy atom. The van der Waals surface area contributed by atoms with Crippen molar-refractivity contribution >= 4 is 21.6 Å². The molecule has 0 amide bonds. The second-order valence-corrected chi connectivity index (χ2v) is 5.73. The highest BCUT2D eigenvalue weighted by atomic mass is 79.9. The number of likely N-dealkylation sites (N-methyl/N-ethyl adjacent to an activating group) is 1. The number of halogens is 1. The third-order valence-electron chi connectivity index (χ3n) is 3.24. The molecule has 1 fully saturated rings. The van der Waals surface area contributed by atoms with Gasteiger partial charge in [0, 0.05) is 23.2 Å². The van der Waals surface area contributed by atoms with Crippen LogP contribution in [0.1, 0.15) is 11.9 Å². The third kappa shape index (κ3) is 2.70. The quantitative estimate of drug-likeness (QED) is 0.844. The van der Waals surface area contributed by atoms with Crippen LogP contribution in [0.3, 0.4) is 0 Å². The number of nitrogen functional groups attached to an aromatic ring is 1. The van der Waals surface area contributed by atoms with Crippen molar-refractivity contribution in [3.8, 4) is 11.5 Å². The van der Waals surface area contributed by atoms with Gasteiger partial charge in [-0.2, -0.15) is 4.98 Å². The highest BCUT2D eigenvalue weighted by Crippen LogP contribution is 2.29. The first kappa shape index (κ1) is 13.5. The molecule has 2 heterocycles. The lowest BCUT2D eigenvalue weighted by molar-refractivity contribution is -0.0264. The number of rotatable bonds is 2. The number of anilines is 1. The molecule has 6 nitrogen and oxygen atoms in total. The summed E-state index contributed by atoms with van der Waals surface area (Å²) >= 11 is 3.37. The predicted molar refractivity (Wildman–Crippen MR) is 78.0 cm³/mol. The molecule has 3 rings (SSSR count). The normalized spacial score (nSPS) is 20.2. The van der Waals surface area contributed by atoms with Gasteiger partial charge in [-0.3, -0.25) is 0 Å². The van der Waals surface area contributed by atoms with E-state index in [1.165, 1.54) is 0 Å². The molecule has 0 aliphatic carbocycles. The maximum Gasteiger partial charge on any atom is 0.260 e. The van der Waals surface area contributed by atoms with Crippen LogP contribution in [0.2, 0.25) is 0 Å². The molecule has 1 aromatic heterocycles. The van der Waals surface area contributed by atoms with Gasteiger partial charge in [0.05, 0.1) is 12.2 Å². The second kappa shape index (κ2) is 5.51. The van der Waals surface area contributed by atoms with E-state index in [2.05, 4.69) is 31.0 Å². The zero-order chi connectivity index (χ0) is 14.1. The molecule has 1 aliphatic heterocycles. The molecule has 1 saturated heterocycles. The number of nitrogens with two attached hydrogens (primary N) is 1. The monoisotopic (exact) mass is 338 g/mol. The molecule has 20 heavy (non-hydrogen) atoms. The average Bonchev–Trinajstić information content (AvgIpc) is 2.88. The molecule has 2 aromatic rings. The Labute approximate surface area is 125 Å². The van der Waals surface area contributed by atoms with Crippen molar-refractivity contribution < 1.29 is 9.26 Å². The zero-order valence-electron chi connectivity index (χ0n) is 11.0. The third-order valence-corrected chi connectivity index (χ3v) is 3.74. The maximum absolute atomic E-state index is 5.97. The smallest absolute Gasteiger partial charge is 0.260 e. The van der Waals surface area contributed by atoms with Crippen molar-refractivity contribution in [3.05, 3.63) is 28.5 Å². The van der Waals surface area contributed by atoms with Crippen molar-refractivity contribution in [2.24, 2.45) is 0 Å². The molecule has 7 heteroatoms. The van der Waals surface area contributed by atoms with E-state index in [1.807, 2.05) is 25.2 Å². The lowest BCUT2D eigenvalue weighted by Gasteiger charge is -2.27. The summed E-state index contributed by atoms with van der Waals surface area (Å²) in [5.41, 5.74) is 7.29. The molecule has 1 aromatic carbocycles. The second-order valence-electron chi connectivity index (χ2n) is 4.81. The maximum atomic E-state index is 5.97. The summed E-state index contributed by atoms with van der Waals surface area (Å²) in [6, 6.07) is 5.55. The minimum Gasteiger partial charge on any atom is -0.398 e. The van der Waals surface area contributed by atoms with E-state index < -0.39 is 0 Å². The van der Waals surface area contributed by atoms with Crippen molar-refractivity contribution in [2.45, 2.75) is 6.10 Å². The van der Waals surface area contributed by atoms with Crippen LogP contribution in [0, 0.1) is 0 Å². The standard InChI is InChI=1S/C13H15BrN4O2/c1-18-4-5-19-11(7-18)12-16-13(20-17-12)9-3-2-8(14)6-10(9)15/h2-3,6,11H,4-5,7,15H2,1H3. The first-order valence-corrected chi connectivity index (χ1v) is 7.12. The molecular weight excluding hydrogens is 324 g/mol. The Morgan fingerprint density at radius 1 is 1.45 bits per heavy atom. The number of hydrogen-bond acceptors (Lipinski definition) is 6. The highest BCUT2D eigenvalue weighted by Gasteiger charge is 2.25. The van der Waals surface area contributed by atoms with E-state index in [9.17, 15) is 0 Å². The Morgan fingerprint density at radius 3 is 3.05 bits per heavy atom. The van der Waals surface area contributed by atoms with E-state index in [0.717, 1.165) is 23.1 Å². The molecule has 0 bridgehead atoms. The summed E-state index contributed by atoms with van der Waals surface area (Å²) in [6.07, 6.45) is -0.150. The van der Waals surface area contributed by atoms with Gasteiger partial charge in [0.2, 0.25) is 5.82 Å². The Kier molecular flexibility index (Phi) is 3.73. The van der Waals surface area contributed by atoms with Gasteiger partial charge in [-0.05, 0) is 25.2 Å².